The van der Waals surface area contributed by atoms with Crippen LogP contribution in [0.2, 0.25) is 0 Å². The number of hydrogen-bond acceptors (Lipinski definition) is 2. The smallest absolute Gasteiger partial charge is 0.399 e. The molecule has 6 heteroatoms. The van der Waals surface area contributed by atoms with Crippen molar-refractivity contribution in [2.24, 2.45) is 0 Å². The Balaban J connectivity index is 2.33. The van der Waals surface area contributed by atoms with Crippen LogP contribution in [-0.4, -0.2) is 23.9 Å². The standard InChI is InChI=1S/C12H13F3N2O/c13-12(14,15)9-5-8(6-10(16)7-9)11(18)17-3-1-2-4-17/h5-7H,1-4,16H2. The Kier molecular flexibility index (Phi) is 3.19. The fourth-order valence-corrected chi connectivity index (χ4v) is 2.04. The van der Waals surface area contributed by atoms with Gasteiger partial charge in [-0.15, -0.1) is 0 Å². The molecule has 1 heterocycles. The van der Waals surface area contributed by atoms with E-state index in [1.807, 2.05) is 0 Å². The molecule has 2 rings (SSSR count). The first-order valence-electron chi connectivity index (χ1n) is 5.65. The quantitative estimate of drug-likeness (QED) is 0.787. The Hall–Kier alpha value is -1.72. The van der Waals surface area contributed by atoms with Crippen LogP contribution in [-0.2, 0) is 6.18 Å². The predicted octanol–water partition coefficient (Wildman–Crippen LogP) is 2.52. The number of anilines is 1. The van der Waals surface area contributed by atoms with Crippen LogP contribution in [0.15, 0.2) is 18.2 Å². The Morgan fingerprint density at radius 2 is 1.78 bits per heavy atom. The van der Waals surface area contributed by atoms with Gasteiger partial charge in [0.05, 0.1) is 5.56 Å². The summed E-state index contributed by atoms with van der Waals surface area (Å²) < 4.78 is 37.8. The lowest BCUT2D eigenvalue weighted by Crippen LogP contribution is -2.28. The first-order chi connectivity index (χ1) is 8.38. The van der Waals surface area contributed by atoms with Crippen LogP contribution in [0, 0.1) is 0 Å². The Morgan fingerprint density at radius 1 is 1.17 bits per heavy atom. The number of carbonyl (C=O) groups excluding carboxylic acids is 1. The zero-order valence-corrected chi connectivity index (χ0v) is 9.63. The molecule has 0 unspecified atom stereocenters. The van der Waals surface area contributed by atoms with E-state index in [0.717, 1.165) is 25.0 Å². The van der Waals surface area contributed by atoms with Crippen molar-refractivity contribution in [3.63, 3.8) is 0 Å². The van der Waals surface area contributed by atoms with Crippen LogP contribution in [0.4, 0.5) is 18.9 Å². The third kappa shape index (κ3) is 2.57. The van der Waals surface area contributed by atoms with Crippen molar-refractivity contribution in [2.45, 2.75) is 19.0 Å². The summed E-state index contributed by atoms with van der Waals surface area (Å²) >= 11 is 0. The average Bonchev–Trinajstić information content (AvgIpc) is 2.79. The van der Waals surface area contributed by atoms with Crippen molar-refractivity contribution in [1.82, 2.24) is 4.90 Å². The third-order valence-electron chi connectivity index (χ3n) is 2.92. The lowest BCUT2D eigenvalue weighted by molar-refractivity contribution is -0.137. The molecule has 1 aromatic carbocycles. The van der Waals surface area contributed by atoms with E-state index < -0.39 is 11.7 Å². The van der Waals surface area contributed by atoms with Gasteiger partial charge in [-0.2, -0.15) is 13.2 Å². The summed E-state index contributed by atoms with van der Waals surface area (Å²) in [6.07, 6.45) is -2.71. The van der Waals surface area contributed by atoms with Gasteiger partial charge in [0.2, 0.25) is 0 Å². The van der Waals surface area contributed by atoms with Gasteiger partial charge >= 0.3 is 6.18 Å². The number of carbonyl (C=O) groups is 1. The van der Waals surface area contributed by atoms with Crippen molar-refractivity contribution in [1.29, 1.82) is 0 Å². The van der Waals surface area contributed by atoms with Gasteiger partial charge in [0.1, 0.15) is 0 Å². The van der Waals surface area contributed by atoms with E-state index in [9.17, 15) is 18.0 Å². The van der Waals surface area contributed by atoms with E-state index in [1.54, 1.807) is 4.90 Å². The minimum atomic E-state index is -4.49. The SMILES string of the molecule is Nc1cc(C(=O)N2CCCC2)cc(C(F)(F)F)c1. The Labute approximate surface area is 102 Å². The number of hydrogen-bond donors (Lipinski definition) is 1. The molecule has 0 aliphatic carbocycles. The van der Waals surface area contributed by atoms with Crippen molar-refractivity contribution in [2.75, 3.05) is 18.8 Å². The second-order valence-electron chi connectivity index (χ2n) is 4.34. The molecule has 2 N–H and O–H groups in total. The van der Waals surface area contributed by atoms with Crippen LogP contribution in [0.5, 0.6) is 0 Å². The minimum absolute atomic E-state index is 0.00391. The first kappa shape index (κ1) is 12.7. The molecule has 0 atom stereocenters. The minimum Gasteiger partial charge on any atom is -0.399 e. The highest BCUT2D eigenvalue weighted by molar-refractivity contribution is 5.95. The summed E-state index contributed by atoms with van der Waals surface area (Å²) in [6, 6.07) is 2.98. The van der Waals surface area contributed by atoms with Crippen LogP contribution >= 0.6 is 0 Å². The maximum absolute atomic E-state index is 12.6. The summed E-state index contributed by atoms with van der Waals surface area (Å²) in [5.74, 6) is -0.384. The molecule has 0 saturated carbocycles. The Morgan fingerprint density at radius 3 is 2.33 bits per heavy atom. The van der Waals surface area contributed by atoms with Gasteiger partial charge in [-0.3, -0.25) is 4.79 Å². The summed E-state index contributed by atoms with van der Waals surface area (Å²) in [4.78, 5) is 13.5. The maximum Gasteiger partial charge on any atom is 0.416 e. The number of benzene rings is 1. The van der Waals surface area contributed by atoms with Gasteiger partial charge in [-0.05, 0) is 31.0 Å². The average molecular weight is 258 g/mol. The zero-order valence-electron chi connectivity index (χ0n) is 9.63. The second kappa shape index (κ2) is 4.51. The number of nitrogens with zero attached hydrogens (tertiary/aromatic N) is 1. The summed E-state index contributed by atoms with van der Waals surface area (Å²) in [5, 5.41) is 0. The number of alkyl halides is 3. The van der Waals surface area contributed by atoms with Gasteiger partial charge in [-0.1, -0.05) is 0 Å². The van der Waals surface area contributed by atoms with Crippen LogP contribution < -0.4 is 5.73 Å². The molecule has 18 heavy (non-hydrogen) atoms. The van der Waals surface area contributed by atoms with Crippen molar-refractivity contribution < 1.29 is 18.0 Å². The molecule has 1 fully saturated rings. The van der Waals surface area contributed by atoms with Gasteiger partial charge in [0.15, 0.2) is 0 Å². The molecule has 0 aromatic heterocycles. The second-order valence-corrected chi connectivity index (χ2v) is 4.34. The van der Waals surface area contributed by atoms with Crippen molar-refractivity contribution in [3.8, 4) is 0 Å². The number of likely N-dealkylation sites (tertiary alicyclic amines) is 1. The molecule has 1 aliphatic rings. The molecule has 0 spiro atoms. The third-order valence-corrected chi connectivity index (χ3v) is 2.92. The summed E-state index contributed by atoms with van der Waals surface area (Å²) in [7, 11) is 0. The topological polar surface area (TPSA) is 46.3 Å². The summed E-state index contributed by atoms with van der Waals surface area (Å²) in [6.45, 7) is 1.18. The molecule has 1 saturated heterocycles. The highest BCUT2D eigenvalue weighted by Crippen LogP contribution is 2.31. The van der Waals surface area contributed by atoms with Crippen LogP contribution in [0.25, 0.3) is 0 Å². The number of amides is 1. The Bertz CT molecular complexity index is 465. The zero-order chi connectivity index (χ0) is 13.3. The van der Waals surface area contributed by atoms with Crippen molar-refractivity contribution >= 4 is 11.6 Å². The van der Waals surface area contributed by atoms with E-state index >= 15 is 0 Å². The molecule has 98 valence electrons. The molecular weight excluding hydrogens is 245 g/mol. The monoisotopic (exact) mass is 258 g/mol. The lowest BCUT2D eigenvalue weighted by atomic mass is 10.1. The van der Waals surface area contributed by atoms with Gasteiger partial charge in [0, 0.05) is 24.3 Å². The molecule has 1 aromatic rings. The summed E-state index contributed by atoms with van der Waals surface area (Å²) in [5.41, 5.74) is 4.49. The van der Waals surface area contributed by atoms with Crippen LogP contribution in [0.1, 0.15) is 28.8 Å². The normalized spacial score (nSPS) is 16.1. The number of halogens is 3. The molecule has 3 nitrogen and oxygen atoms in total. The van der Waals surface area contributed by atoms with Crippen molar-refractivity contribution in [3.05, 3.63) is 29.3 Å². The lowest BCUT2D eigenvalue weighted by Gasteiger charge is -2.16. The van der Waals surface area contributed by atoms with E-state index in [1.165, 1.54) is 6.07 Å². The number of rotatable bonds is 1. The number of nitrogen functional groups attached to an aromatic ring is 1. The van der Waals surface area contributed by atoms with Gasteiger partial charge in [-0.25, -0.2) is 0 Å². The van der Waals surface area contributed by atoms with E-state index in [4.69, 9.17) is 5.73 Å². The molecule has 1 amide bonds. The fraction of sp³-hybridized carbons (Fsp3) is 0.417. The maximum atomic E-state index is 12.6. The van der Waals surface area contributed by atoms with E-state index in [-0.39, 0.29) is 17.2 Å². The highest BCUT2D eigenvalue weighted by Gasteiger charge is 2.32. The first-order valence-corrected chi connectivity index (χ1v) is 5.65. The molecular formula is C12H13F3N2O. The molecule has 0 bridgehead atoms. The van der Waals surface area contributed by atoms with Crippen LogP contribution in [0.3, 0.4) is 0 Å². The van der Waals surface area contributed by atoms with E-state index in [2.05, 4.69) is 0 Å². The van der Waals surface area contributed by atoms with Gasteiger partial charge in [0.25, 0.3) is 5.91 Å². The predicted molar refractivity (Wildman–Crippen MR) is 61.0 cm³/mol. The molecule has 0 radical (unpaired) electrons. The highest BCUT2D eigenvalue weighted by atomic mass is 19.4. The number of nitrogens with two attached hydrogens (primary N) is 1. The fourth-order valence-electron chi connectivity index (χ4n) is 2.04. The van der Waals surface area contributed by atoms with E-state index in [0.29, 0.717) is 13.1 Å². The van der Waals surface area contributed by atoms with Gasteiger partial charge < -0.3 is 10.6 Å². The molecule has 1 aliphatic heterocycles. The largest absolute Gasteiger partial charge is 0.416 e.